The van der Waals surface area contributed by atoms with Crippen LogP contribution in [0.5, 0.6) is 5.75 Å². The fourth-order valence-electron chi connectivity index (χ4n) is 4.86. The van der Waals surface area contributed by atoms with Gasteiger partial charge in [0, 0.05) is 50.9 Å². The van der Waals surface area contributed by atoms with Crippen molar-refractivity contribution in [2.75, 3.05) is 37.9 Å². The van der Waals surface area contributed by atoms with E-state index in [1.807, 2.05) is 45.0 Å². The van der Waals surface area contributed by atoms with Gasteiger partial charge in [0.25, 0.3) is 5.91 Å². The lowest BCUT2D eigenvalue weighted by Crippen LogP contribution is -2.41. The number of amides is 2. The van der Waals surface area contributed by atoms with Crippen LogP contribution < -0.4 is 20.7 Å². The molecule has 0 spiro atoms. The molecule has 1 aliphatic rings. The summed E-state index contributed by atoms with van der Waals surface area (Å²) in [5.41, 5.74) is 2.01. The zero-order valence-corrected chi connectivity index (χ0v) is 27.3. The summed E-state index contributed by atoms with van der Waals surface area (Å²) in [5, 5.41) is 21.8. The number of methoxy groups -OCH3 is 1. The number of hydrogen-bond acceptors (Lipinski definition) is 11. The highest BCUT2D eigenvalue weighted by atomic mass is 16.6. The molecule has 3 aromatic heterocycles. The Morgan fingerprint density at radius 1 is 1.00 bits per heavy atom. The predicted octanol–water partition coefficient (Wildman–Crippen LogP) is 4.52. The second-order valence-corrected chi connectivity index (χ2v) is 11.9. The van der Waals surface area contributed by atoms with Gasteiger partial charge in [-0.15, -0.1) is 10.2 Å². The van der Waals surface area contributed by atoms with E-state index in [9.17, 15) is 9.59 Å². The highest BCUT2D eigenvalue weighted by molar-refractivity contribution is 5.99. The van der Waals surface area contributed by atoms with Crippen LogP contribution in [0.1, 0.15) is 49.7 Å². The number of nitrogens with zero attached hydrogens (tertiary/aromatic N) is 7. The number of carbonyl (C=O) groups excluding carboxylic acids is 2. The van der Waals surface area contributed by atoms with Crippen molar-refractivity contribution in [3.63, 3.8) is 0 Å². The first-order valence-corrected chi connectivity index (χ1v) is 15.2. The molecule has 14 heteroatoms. The summed E-state index contributed by atoms with van der Waals surface area (Å²) in [6.07, 6.45) is 4.58. The lowest BCUT2D eigenvalue weighted by molar-refractivity contribution is 0.0199. The lowest BCUT2D eigenvalue weighted by atomic mass is 9.97. The van der Waals surface area contributed by atoms with Gasteiger partial charge in [0.1, 0.15) is 17.7 Å². The van der Waals surface area contributed by atoms with Crippen molar-refractivity contribution in [3.8, 4) is 29.0 Å². The van der Waals surface area contributed by atoms with Crippen LogP contribution in [-0.4, -0.2) is 79.7 Å². The molecule has 4 aromatic rings. The Morgan fingerprint density at radius 2 is 1.79 bits per heavy atom. The molecule has 4 heterocycles. The van der Waals surface area contributed by atoms with Gasteiger partial charge in [-0.3, -0.25) is 9.48 Å². The molecule has 0 bridgehead atoms. The summed E-state index contributed by atoms with van der Waals surface area (Å²) in [5.74, 6) is 8.18. The average molecular weight is 639 g/mol. The van der Waals surface area contributed by atoms with Gasteiger partial charge in [0.05, 0.1) is 24.0 Å². The zero-order chi connectivity index (χ0) is 33.6. The van der Waals surface area contributed by atoms with E-state index < -0.39 is 11.5 Å². The maximum atomic E-state index is 12.7. The monoisotopic (exact) mass is 638 g/mol. The molecular weight excluding hydrogens is 600 g/mol. The first-order chi connectivity index (χ1) is 22.5. The smallest absolute Gasteiger partial charge is 0.410 e. The Labute approximate surface area is 273 Å². The normalized spacial score (nSPS) is 13.3. The third kappa shape index (κ3) is 8.31. The van der Waals surface area contributed by atoms with E-state index in [4.69, 9.17) is 9.47 Å². The quantitative estimate of drug-likeness (QED) is 0.244. The van der Waals surface area contributed by atoms with Crippen molar-refractivity contribution >= 4 is 35.0 Å². The molecule has 5 rings (SSSR count). The number of ether oxygens (including phenoxy) is 2. The standard InChI is InChI=1S/C33H38N10O4/c1-33(2,3)47-32(45)43-16-14-21(15-17-43)10-11-22-12-13-26(35-19-22)38-27-18-25(28(40-39-27)31(44)34-4)37-24-9-7-8-23(29(24)46-6)30-36-20-42(5)41-30/h7-9,12-13,18-21H,14-17H2,1-6H3,(H,34,44)(H2,35,37,38,39). The van der Waals surface area contributed by atoms with Gasteiger partial charge >= 0.3 is 6.09 Å². The molecule has 0 radical (unpaired) electrons. The highest BCUT2D eigenvalue weighted by Gasteiger charge is 2.26. The number of benzene rings is 1. The molecule has 2 amide bonds. The highest BCUT2D eigenvalue weighted by Crippen LogP contribution is 2.37. The Morgan fingerprint density at radius 3 is 2.43 bits per heavy atom. The number of likely N-dealkylation sites (tertiary alicyclic amines) is 1. The van der Waals surface area contributed by atoms with Crippen LogP contribution in [0.4, 0.5) is 27.8 Å². The van der Waals surface area contributed by atoms with Crippen molar-refractivity contribution in [1.82, 2.24) is 40.2 Å². The van der Waals surface area contributed by atoms with E-state index in [0.29, 0.717) is 53.2 Å². The van der Waals surface area contributed by atoms with Crippen molar-refractivity contribution < 1.29 is 19.1 Å². The summed E-state index contributed by atoms with van der Waals surface area (Å²) >= 11 is 0. The summed E-state index contributed by atoms with van der Waals surface area (Å²) in [6.45, 7) is 6.83. The van der Waals surface area contributed by atoms with Gasteiger partial charge in [-0.25, -0.2) is 14.8 Å². The molecule has 1 saturated heterocycles. The van der Waals surface area contributed by atoms with Crippen molar-refractivity contribution in [3.05, 3.63) is 60.2 Å². The maximum absolute atomic E-state index is 12.7. The predicted molar refractivity (Wildman–Crippen MR) is 177 cm³/mol. The van der Waals surface area contributed by atoms with E-state index in [1.165, 1.54) is 7.05 Å². The molecule has 47 heavy (non-hydrogen) atoms. The van der Waals surface area contributed by atoms with Gasteiger partial charge in [-0.2, -0.15) is 5.10 Å². The first-order valence-electron chi connectivity index (χ1n) is 15.2. The summed E-state index contributed by atoms with van der Waals surface area (Å²) in [6, 6.07) is 10.8. The first kappa shape index (κ1) is 32.7. The molecule has 0 unspecified atom stereocenters. The molecule has 0 aliphatic carbocycles. The molecule has 14 nitrogen and oxygen atoms in total. The number of piperidine rings is 1. The fraction of sp³-hybridized carbons (Fsp3) is 0.364. The Balaban J connectivity index is 1.27. The van der Waals surface area contributed by atoms with Crippen LogP contribution in [0.15, 0.2) is 48.9 Å². The van der Waals surface area contributed by atoms with Crippen LogP contribution in [-0.2, 0) is 11.8 Å². The fourth-order valence-corrected chi connectivity index (χ4v) is 4.86. The molecule has 1 aromatic carbocycles. The molecule has 3 N–H and O–H groups in total. The topological polar surface area (TPSA) is 161 Å². The van der Waals surface area contributed by atoms with Crippen LogP contribution in [0.2, 0.25) is 0 Å². The van der Waals surface area contributed by atoms with Gasteiger partial charge < -0.3 is 30.3 Å². The van der Waals surface area contributed by atoms with Gasteiger partial charge in [0.15, 0.2) is 23.1 Å². The molecule has 1 fully saturated rings. The van der Waals surface area contributed by atoms with E-state index in [-0.39, 0.29) is 17.7 Å². The number of para-hydroxylation sites is 1. The van der Waals surface area contributed by atoms with Crippen LogP contribution in [0.25, 0.3) is 11.4 Å². The van der Waals surface area contributed by atoms with Crippen molar-refractivity contribution in [2.45, 2.75) is 39.2 Å². The molecule has 1 aliphatic heterocycles. The molecular formula is C33H38N10O4. The molecule has 0 saturated carbocycles. The Bertz CT molecular complexity index is 1800. The second kappa shape index (κ2) is 14.2. The number of pyridine rings is 1. The number of anilines is 4. The summed E-state index contributed by atoms with van der Waals surface area (Å²) in [7, 11) is 4.86. The van der Waals surface area contributed by atoms with E-state index in [0.717, 1.165) is 18.4 Å². The average Bonchev–Trinajstić information content (AvgIpc) is 3.49. The number of nitrogens with one attached hydrogen (secondary N) is 3. The van der Waals surface area contributed by atoms with E-state index >= 15 is 0 Å². The zero-order valence-electron chi connectivity index (χ0n) is 27.3. The van der Waals surface area contributed by atoms with Crippen LogP contribution in [0.3, 0.4) is 0 Å². The summed E-state index contributed by atoms with van der Waals surface area (Å²) in [4.78, 5) is 35.6. The largest absolute Gasteiger partial charge is 0.494 e. The Kier molecular flexibility index (Phi) is 9.84. The summed E-state index contributed by atoms with van der Waals surface area (Å²) < 4.78 is 12.8. The minimum Gasteiger partial charge on any atom is -0.494 e. The Hall–Kier alpha value is -5.71. The number of hydrogen-bond donors (Lipinski definition) is 3. The van der Waals surface area contributed by atoms with Gasteiger partial charge in [0.2, 0.25) is 0 Å². The molecule has 244 valence electrons. The molecule has 0 atom stereocenters. The van der Waals surface area contributed by atoms with Gasteiger partial charge in [-0.05, 0) is 57.9 Å². The third-order valence-electron chi connectivity index (χ3n) is 7.15. The number of aromatic nitrogens is 6. The van der Waals surface area contributed by atoms with Gasteiger partial charge in [-0.1, -0.05) is 17.9 Å². The van der Waals surface area contributed by atoms with Crippen molar-refractivity contribution in [1.29, 1.82) is 0 Å². The SMILES string of the molecule is CNC(=O)c1nnc(Nc2ccc(C#CC3CCN(C(=O)OC(C)(C)C)CC3)cn2)cc1Nc1cccc(-c2ncn(C)n2)c1OC. The van der Waals surface area contributed by atoms with Crippen molar-refractivity contribution in [2.24, 2.45) is 13.0 Å². The number of rotatable bonds is 7. The lowest BCUT2D eigenvalue weighted by Gasteiger charge is -2.31. The van der Waals surface area contributed by atoms with E-state index in [2.05, 4.69) is 53.1 Å². The maximum Gasteiger partial charge on any atom is 0.410 e. The third-order valence-corrected chi connectivity index (χ3v) is 7.15. The van der Waals surface area contributed by atoms with E-state index in [1.54, 1.807) is 48.4 Å². The second-order valence-electron chi connectivity index (χ2n) is 11.9. The van der Waals surface area contributed by atoms with Crippen LogP contribution >= 0.6 is 0 Å². The number of aryl methyl sites for hydroxylation is 1. The minimum atomic E-state index is -0.512. The minimum absolute atomic E-state index is 0.0944. The number of carbonyl (C=O) groups is 2. The van der Waals surface area contributed by atoms with Crippen LogP contribution in [0, 0.1) is 17.8 Å².